The van der Waals surface area contributed by atoms with Crippen LogP contribution in [0.2, 0.25) is 0 Å². The van der Waals surface area contributed by atoms with E-state index in [9.17, 15) is 0 Å². The average molecular weight is 780 g/mol. The van der Waals surface area contributed by atoms with Crippen LogP contribution in [0.1, 0.15) is 140 Å². The number of benzene rings is 5. The van der Waals surface area contributed by atoms with E-state index in [1.54, 1.807) is 11.1 Å². The SMILES string of the molecule is CC1(C)CCC(C)(C)c2c(N(c3ccc(-c4ccc5c(c4)Sc4ccccc4C54C5CC6CC7CC4C75C6)cc3)c3cccc4c3C(C)(C)CCC4(C)C)cccc21. The van der Waals surface area contributed by atoms with E-state index in [1.165, 1.54) is 112 Å². The van der Waals surface area contributed by atoms with Gasteiger partial charge in [0.1, 0.15) is 0 Å². The molecule has 296 valence electrons. The molecule has 2 bridgehead atoms. The molecule has 5 aromatic rings. The molecule has 4 saturated carbocycles. The van der Waals surface area contributed by atoms with Crippen molar-refractivity contribution in [2.24, 2.45) is 29.1 Å². The Morgan fingerprint density at radius 3 is 1.69 bits per heavy atom. The molecule has 0 saturated heterocycles. The summed E-state index contributed by atoms with van der Waals surface area (Å²) in [7, 11) is 0. The third kappa shape index (κ3) is 4.47. The molecule has 0 aromatic heterocycles. The van der Waals surface area contributed by atoms with Crippen LogP contribution >= 0.6 is 11.8 Å². The maximum atomic E-state index is 2.67. The highest BCUT2D eigenvalue weighted by Crippen LogP contribution is 2.89. The molecule has 58 heavy (non-hydrogen) atoms. The van der Waals surface area contributed by atoms with E-state index in [0.717, 1.165) is 23.7 Å². The zero-order valence-corrected chi connectivity index (χ0v) is 37.0. The van der Waals surface area contributed by atoms with Crippen LogP contribution in [0.25, 0.3) is 11.1 Å². The molecule has 1 heterocycles. The fourth-order valence-electron chi connectivity index (χ4n) is 15.2. The van der Waals surface area contributed by atoms with E-state index in [-0.39, 0.29) is 27.1 Å². The van der Waals surface area contributed by atoms with Gasteiger partial charge in [-0.1, -0.05) is 134 Å². The second-order valence-corrected chi connectivity index (χ2v) is 23.8. The molecule has 1 nitrogen and oxygen atoms in total. The molecule has 0 radical (unpaired) electrons. The Morgan fingerprint density at radius 2 is 1.05 bits per heavy atom. The monoisotopic (exact) mass is 779 g/mol. The van der Waals surface area contributed by atoms with E-state index in [1.807, 2.05) is 11.8 Å². The molecule has 1 aliphatic heterocycles. The summed E-state index contributed by atoms with van der Waals surface area (Å²) in [4.78, 5) is 5.68. The highest BCUT2D eigenvalue weighted by atomic mass is 32.2. The Hall–Kier alpha value is -3.75. The highest BCUT2D eigenvalue weighted by molar-refractivity contribution is 7.99. The zero-order chi connectivity index (χ0) is 39.8. The van der Waals surface area contributed by atoms with Crippen molar-refractivity contribution in [3.8, 4) is 11.1 Å². The van der Waals surface area contributed by atoms with E-state index >= 15 is 0 Å². The van der Waals surface area contributed by atoms with Gasteiger partial charge in [-0.25, -0.2) is 0 Å². The van der Waals surface area contributed by atoms with Gasteiger partial charge in [-0.15, -0.1) is 0 Å². The van der Waals surface area contributed by atoms with E-state index in [4.69, 9.17) is 0 Å². The van der Waals surface area contributed by atoms with Gasteiger partial charge >= 0.3 is 0 Å². The third-order valence-corrected chi connectivity index (χ3v) is 19.2. The van der Waals surface area contributed by atoms with Crippen molar-refractivity contribution in [3.63, 3.8) is 0 Å². The lowest BCUT2D eigenvalue weighted by atomic mass is 9.26. The van der Waals surface area contributed by atoms with Crippen LogP contribution in [0.15, 0.2) is 113 Å². The molecule has 2 heteroatoms. The maximum Gasteiger partial charge on any atom is 0.0502 e. The molecule has 6 aliphatic carbocycles. The summed E-state index contributed by atoms with van der Waals surface area (Å²) in [5, 5.41) is 0. The number of anilines is 3. The van der Waals surface area contributed by atoms with Gasteiger partial charge < -0.3 is 4.90 Å². The first-order chi connectivity index (χ1) is 27.7. The van der Waals surface area contributed by atoms with Crippen molar-refractivity contribution < 1.29 is 0 Å². The van der Waals surface area contributed by atoms with Crippen molar-refractivity contribution in [1.82, 2.24) is 0 Å². The molecule has 4 fully saturated rings. The minimum Gasteiger partial charge on any atom is -0.310 e. The van der Waals surface area contributed by atoms with Crippen molar-refractivity contribution in [2.75, 3.05) is 4.90 Å². The number of nitrogens with zero attached hydrogens (tertiary/aromatic N) is 1. The number of hydrogen-bond donors (Lipinski definition) is 0. The summed E-state index contributed by atoms with van der Waals surface area (Å²) >= 11 is 2.03. The number of fused-ring (bicyclic) bond motifs is 9. The minimum absolute atomic E-state index is 0.0680. The quantitative estimate of drug-likeness (QED) is 0.179. The predicted octanol–water partition coefficient (Wildman–Crippen LogP) is 15.3. The molecule has 0 amide bonds. The second-order valence-electron chi connectivity index (χ2n) is 22.7. The van der Waals surface area contributed by atoms with Gasteiger partial charge in [0, 0.05) is 20.9 Å². The lowest BCUT2D eigenvalue weighted by Gasteiger charge is -2.78. The van der Waals surface area contributed by atoms with Gasteiger partial charge in [-0.2, -0.15) is 0 Å². The molecule has 7 aliphatic rings. The van der Waals surface area contributed by atoms with Gasteiger partial charge in [-0.3, -0.25) is 0 Å². The first kappa shape index (κ1) is 36.1. The summed E-state index contributed by atoms with van der Waals surface area (Å²) in [6.45, 7) is 19.8. The predicted molar refractivity (Wildman–Crippen MR) is 243 cm³/mol. The summed E-state index contributed by atoms with van der Waals surface area (Å²) in [5.74, 6) is 3.64. The largest absolute Gasteiger partial charge is 0.310 e. The van der Waals surface area contributed by atoms with E-state index in [0.29, 0.717) is 5.41 Å². The topological polar surface area (TPSA) is 3.24 Å². The number of hydrogen-bond acceptors (Lipinski definition) is 2. The van der Waals surface area contributed by atoms with Gasteiger partial charge in [0.25, 0.3) is 0 Å². The molecule has 12 rings (SSSR count). The van der Waals surface area contributed by atoms with Crippen LogP contribution in [0.3, 0.4) is 0 Å². The van der Waals surface area contributed by atoms with Gasteiger partial charge in [0.15, 0.2) is 0 Å². The summed E-state index contributed by atoms with van der Waals surface area (Å²) in [6.07, 6.45) is 10.7. The molecule has 0 N–H and O–H groups in total. The van der Waals surface area contributed by atoms with Crippen LogP contribution in [0.4, 0.5) is 17.1 Å². The van der Waals surface area contributed by atoms with E-state index < -0.39 is 0 Å². The Kier molecular flexibility index (Phi) is 7.19. The molecular formula is C56H61NS. The Morgan fingerprint density at radius 1 is 0.500 bits per heavy atom. The van der Waals surface area contributed by atoms with Crippen molar-refractivity contribution >= 4 is 28.8 Å². The average Bonchev–Trinajstić information content (AvgIpc) is 3.74. The minimum atomic E-state index is 0.0680. The first-order valence-corrected chi connectivity index (χ1v) is 23.6. The Balaban J connectivity index is 0.992. The van der Waals surface area contributed by atoms with Crippen LogP contribution in [-0.4, -0.2) is 0 Å². The normalized spacial score (nSPS) is 31.5. The summed E-state index contributed by atoms with van der Waals surface area (Å²) in [5.41, 5.74) is 17.2. The highest BCUT2D eigenvalue weighted by Gasteiger charge is 2.84. The van der Waals surface area contributed by atoms with Crippen molar-refractivity contribution in [3.05, 3.63) is 137 Å². The van der Waals surface area contributed by atoms with Crippen molar-refractivity contribution in [1.29, 1.82) is 0 Å². The molecule has 6 unspecified atom stereocenters. The van der Waals surface area contributed by atoms with E-state index in [2.05, 4.69) is 163 Å². The molecule has 2 spiro atoms. The van der Waals surface area contributed by atoms with Crippen LogP contribution in [0, 0.1) is 29.1 Å². The van der Waals surface area contributed by atoms with Gasteiger partial charge in [0.05, 0.1) is 11.4 Å². The smallest absolute Gasteiger partial charge is 0.0502 e. The standard InChI is InChI=1S/C56H61NS/c1-51(2)25-27-53(5,6)49-41(51)14-11-16-43(49)57(44-17-12-15-42-50(44)54(7,8)28-26-52(42,3)4)38-22-19-35(20-23-38)36-21-24-40-46(31-36)58-45-18-10-9-13-39(45)56(40)47-30-34-29-37-32-48(56)55(37,47)33-34/h9-24,31,34,37,47-48H,25-30,32-33H2,1-8H3. The summed E-state index contributed by atoms with van der Waals surface area (Å²) < 4.78 is 0. The number of rotatable bonds is 4. The van der Waals surface area contributed by atoms with Crippen LogP contribution in [0.5, 0.6) is 0 Å². The Bertz CT molecular complexity index is 2470. The fraction of sp³-hybridized carbons (Fsp3) is 0.464. The van der Waals surface area contributed by atoms with Gasteiger partial charge in [-0.05, 0) is 183 Å². The third-order valence-electron chi connectivity index (χ3n) is 18.1. The lowest BCUT2D eigenvalue weighted by Crippen LogP contribution is -2.74. The van der Waals surface area contributed by atoms with Crippen molar-refractivity contribution in [2.45, 2.75) is 144 Å². The molecule has 6 atom stereocenters. The fourth-order valence-corrected chi connectivity index (χ4v) is 16.5. The first-order valence-electron chi connectivity index (χ1n) is 22.8. The van der Waals surface area contributed by atoms with Gasteiger partial charge in [0.2, 0.25) is 0 Å². The summed E-state index contributed by atoms with van der Waals surface area (Å²) in [6, 6.07) is 41.2. The molecular weight excluding hydrogens is 719 g/mol. The zero-order valence-electron chi connectivity index (χ0n) is 36.1. The van der Waals surface area contributed by atoms with Crippen LogP contribution < -0.4 is 4.90 Å². The lowest BCUT2D eigenvalue weighted by molar-refractivity contribution is -0.235. The maximum absolute atomic E-state index is 2.67. The second kappa shape index (κ2) is 11.5. The Labute approximate surface area is 352 Å². The molecule has 5 aromatic carbocycles. The van der Waals surface area contributed by atoms with Crippen LogP contribution in [-0.2, 0) is 27.1 Å².